The molecule has 1 spiro atoms. The molecule has 0 amide bonds. The maximum Gasteiger partial charge on any atom is 0.160 e. The molecular formula is C55H34N2O. The summed E-state index contributed by atoms with van der Waals surface area (Å²) in [5.74, 6) is 2.33. The lowest BCUT2D eigenvalue weighted by molar-refractivity contribution is 0.439. The smallest absolute Gasteiger partial charge is 0.160 e. The van der Waals surface area contributed by atoms with Gasteiger partial charge in [0, 0.05) is 27.8 Å². The molecule has 3 heteroatoms. The highest BCUT2D eigenvalue weighted by molar-refractivity contribution is 5.94. The number of nitrogens with zero attached hydrogens (tertiary/aromatic N) is 2. The van der Waals surface area contributed by atoms with E-state index in [0.717, 1.165) is 61.7 Å². The van der Waals surface area contributed by atoms with Crippen LogP contribution in [-0.4, -0.2) is 9.97 Å². The van der Waals surface area contributed by atoms with Gasteiger partial charge >= 0.3 is 0 Å². The number of hydrogen-bond donors (Lipinski definition) is 0. The van der Waals surface area contributed by atoms with Crippen molar-refractivity contribution in [2.24, 2.45) is 0 Å². The lowest BCUT2D eigenvalue weighted by Gasteiger charge is -2.40. The first-order valence-corrected chi connectivity index (χ1v) is 19.8. The average Bonchev–Trinajstić information content (AvgIpc) is 3.59. The predicted octanol–water partition coefficient (Wildman–Crippen LogP) is 13.9. The molecule has 2 heterocycles. The highest BCUT2D eigenvalue weighted by Crippen LogP contribution is 2.63. The van der Waals surface area contributed by atoms with Gasteiger partial charge in [0.25, 0.3) is 0 Å². The molecule has 1 aromatic heterocycles. The molecule has 0 atom stereocenters. The van der Waals surface area contributed by atoms with Gasteiger partial charge in [-0.2, -0.15) is 0 Å². The van der Waals surface area contributed by atoms with Gasteiger partial charge in [-0.1, -0.05) is 176 Å². The summed E-state index contributed by atoms with van der Waals surface area (Å²) >= 11 is 0. The van der Waals surface area contributed by atoms with Crippen LogP contribution in [0.1, 0.15) is 22.3 Å². The standard InChI is InChI=1S/C55H34N2O/c1-2-14-38(15-3-1)54-56-50(37-28-25-36(26-29-37)42-30-27-35-13-4-5-16-39(35)31-42)34-51(57-54)45-21-12-24-48-53(45)58-52-33-41-18-7-6-17-40(41)32-49(52)55(48)46-22-10-8-19-43(46)44-20-9-11-23-47(44)55/h1-34H. The normalized spacial score (nSPS) is 13.1. The lowest BCUT2D eigenvalue weighted by atomic mass is 9.65. The molecule has 0 bridgehead atoms. The highest BCUT2D eigenvalue weighted by atomic mass is 16.5. The van der Waals surface area contributed by atoms with Crippen LogP contribution in [0.4, 0.5) is 0 Å². The third-order valence-electron chi connectivity index (χ3n) is 12.1. The van der Waals surface area contributed by atoms with Crippen LogP contribution in [-0.2, 0) is 5.41 Å². The van der Waals surface area contributed by atoms with Crippen LogP contribution in [0.5, 0.6) is 11.5 Å². The Kier molecular flexibility index (Phi) is 7.14. The summed E-state index contributed by atoms with van der Waals surface area (Å²) in [5.41, 5.74) is 13.5. The van der Waals surface area contributed by atoms with Crippen molar-refractivity contribution in [2.45, 2.75) is 5.41 Å². The summed E-state index contributed by atoms with van der Waals surface area (Å²) in [7, 11) is 0. The SMILES string of the molecule is c1ccc(-c2nc(-c3ccc(-c4ccc5ccccc5c4)cc3)cc(-c3cccc4c3Oc3cc5ccccc5cc3C43c4ccccc4-c4ccccc43)n2)cc1. The molecule has 9 aromatic carbocycles. The van der Waals surface area contributed by atoms with E-state index in [1.165, 1.54) is 44.0 Å². The van der Waals surface area contributed by atoms with Crippen LogP contribution in [0.3, 0.4) is 0 Å². The zero-order valence-corrected chi connectivity index (χ0v) is 31.4. The molecule has 2 aliphatic rings. The molecule has 10 aromatic rings. The van der Waals surface area contributed by atoms with Crippen LogP contribution in [0.2, 0.25) is 0 Å². The minimum atomic E-state index is -0.604. The Morgan fingerprint density at radius 2 is 0.879 bits per heavy atom. The van der Waals surface area contributed by atoms with E-state index in [1.54, 1.807) is 0 Å². The molecule has 0 fully saturated rings. The molecule has 12 rings (SSSR count). The molecule has 0 saturated heterocycles. The number of ether oxygens (including phenoxy) is 1. The molecule has 0 radical (unpaired) electrons. The van der Waals surface area contributed by atoms with Crippen molar-refractivity contribution in [3.63, 3.8) is 0 Å². The van der Waals surface area contributed by atoms with Gasteiger partial charge in [-0.05, 0) is 85.3 Å². The monoisotopic (exact) mass is 738 g/mol. The second-order valence-corrected chi connectivity index (χ2v) is 15.3. The lowest BCUT2D eigenvalue weighted by Crippen LogP contribution is -2.32. The maximum absolute atomic E-state index is 7.21. The summed E-state index contributed by atoms with van der Waals surface area (Å²) in [6, 6.07) is 73.7. The minimum absolute atomic E-state index is 0.604. The molecule has 270 valence electrons. The zero-order chi connectivity index (χ0) is 38.2. The maximum atomic E-state index is 7.21. The van der Waals surface area contributed by atoms with E-state index in [4.69, 9.17) is 14.7 Å². The van der Waals surface area contributed by atoms with E-state index in [0.29, 0.717) is 5.82 Å². The average molecular weight is 739 g/mol. The van der Waals surface area contributed by atoms with Crippen LogP contribution in [0, 0.1) is 0 Å². The topological polar surface area (TPSA) is 35.0 Å². The van der Waals surface area contributed by atoms with Gasteiger partial charge in [0.1, 0.15) is 11.5 Å². The van der Waals surface area contributed by atoms with Crippen LogP contribution in [0.15, 0.2) is 206 Å². The van der Waals surface area contributed by atoms with E-state index in [1.807, 2.05) is 18.2 Å². The van der Waals surface area contributed by atoms with Gasteiger partial charge in [-0.25, -0.2) is 9.97 Å². The molecule has 0 N–H and O–H groups in total. The Labute approximate surface area is 336 Å². The second kappa shape index (κ2) is 12.7. The molecule has 3 nitrogen and oxygen atoms in total. The quantitative estimate of drug-likeness (QED) is 0.180. The zero-order valence-electron chi connectivity index (χ0n) is 31.4. The first-order valence-electron chi connectivity index (χ1n) is 19.8. The number of aromatic nitrogens is 2. The summed E-state index contributed by atoms with van der Waals surface area (Å²) < 4.78 is 7.21. The van der Waals surface area contributed by atoms with Gasteiger partial charge in [0.15, 0.2) is 5.82 Å². The number of hydrogen-bond acceptors (Lipinski definition) is 3. The van der Waals surface area contributed by atoms with Gasteiger partial charge in [0.2, 0.25) is 0 Å². The summed E-state index contributed by atoms with van der Waals surface area (Å²) in [5, 5.41) is 4.79. The van der Waals surface area contributed by atoms with Crippen LogP contribution in [0.25, 0.3) is 77.7 Å². The van der Waals surface area contributed by atoms with Crippen molar-refractivity contribution < 1.29 is 4.74 Å². The Balaban J connectivity index is 1.07. The molecular weight excluding hydrogens is 705 g/mol. The fourth-order valence-corrected chi connectivity index (χ4v) is 9.46. The van der Waals surface area contributed by atoms with E-state index in [-0.39, 0.29) is 0 Å². The number of fused-ring (bicyclic) bond motifs is 11. The number of rotatable bonds is 4. The van der Waals surface area contributed by atoms with E-state index in [9.17, 15) is 0 Å². The first-order chi connectivity index (χ1) is 28.7. The Morgan fingerprint density at radius 3 is 1.62 bits per heavy atom. The fourth-order valence-electron chi connectivity index (χ4n) is 9.46. The third-order valence-corrected chi connectivity index (χ3v) is 12.1. The Morgan fingerprint density at radius 1 is 0.328 bits per heavy atom. The molecule has 0 unspecified atom stereocenters. The van der Waals surface area contributed by atoms with Crippen molar-refractivity contribution in [2.75, 3.05) is 0 Å². The van der Waals surface area contributed by atoms with Crippen LogP contribution < -0.4 is 4.74 Å². The van der Waals surface area contributed by atoms with Crippen molar-refractivity contribution in [1.29, 1.82) is 0 Å². The fraction of sp³-hybridized carbons (Fsp3) is 0.0182. The molecule has 1 aliphatic heterocycles. The molecule has 1 aliphatic carbocycles. The van der Waals surface area contributed by atoms with Crippen LogP contribution >= 0.6 is 0 Å². The van der Waals surface area contributed by atoms with E-state index >= 15 is 0 Å². The van der Waals surface area contributed by atoms with Gasteiger partial charge in [-0.15, -0.1) is 0 Å². The van der Waals surface area contributed by atoms with Crippen molar-refractivity contribution in [1.82, 2.24) is 9.97 Å². The van der Waals surface area contributed by atoms with E-state index < -0.39 is 5.41 Å². The van der Waals surface area contributed by atoms with Gasteiger partial charge in [0.05, 0.1) is 16.8 Å². The van der Waals surface area contributed by atoms with E-state index in [2.05, 4.69) is 188 Å². The Hall–Kier alpha value is -7.62. The van der Waals surface area contributed by atoms with Crippen molar-refractivity contribution >= 4 is 21.5 Å². The largest absolute Gasteiger partial charge is 0.456 e. The summed E-state index contributed by atoms with van der Waals surface area (Å²) in [6.45, 7) is 0. The number of benzene rings is 9. The summed E-state index contributed by atoms with van der Waals surface area (Å²) in [6.07, 6.45) is 0. The predicted molar refractivity (Wildman–Crippen MR) is 236 cm³/mol. The molecule has 58 heavy (non-hydrogen) atoms. The van der Waals surface area contributed by atoms with Crippen molar-refractivity contribution in [3.8, 4) is 67.7 Å². The minimum Gasteiger partial charge on any atom is -0.456 e. The number of para-hydroxylation sites is 1. The van der Waals surface area contributed by atoms with Crippen molar-refractivity contribution in [3.05, 3.63) is 229 Å². The molecule has 0 saturated carbocycles. The Bertz CT molecular complexity index is 3210. The second-order valence-electron chi connectivity index (χ2n) is 15.3. The van der Waals surface area contributed by atoms with Gasteiger partial charge in [-0.3, -0.25) is 0 Å². The highest BCUT2D eigenvalue weighted by Gasteiger charge is 2.51. The van der Waals surface area contributed by atoms with Gasteiger partial charge < -0.3 is 4.74 Å². The third kappa shape index (κ3) is 4.87. The summed E-state index contributed by atoms with van der Waals surface area (Å²) in [4.78, 5) is 10.5. The first kappa shape index (κ1) is 32.6.